The molecular formula is C21H26N2O2S. The van der Waals surface area contributed by atoms with Gasteiger partial charge in [-0.1, -0.05) is 24.3 Å². The maximum atomic E-state index is 12.0. The van der Waals surface area contributed by atoms with Crippen molar-refractivity contribution < 1.29 is 9.53 Å². The Balaban J connectivity index is 1.48. The highest BCUT2D eigenvalue weighted by atomic mass is 32.1. The van der Waals surface area contributed by atoms with Crippen molar-refractivity contribution in [2.24, 2.45) is 0 Å². The molecule has 1 atom stereocenters. The van der Waals surface area contributed by atoms with E-state index in [1.165, 1.54) is 10.4 Å². The van der Waals surface area contributed by atoms with Crippen molar-refractivity contribution in [2.45, 2.75) is 43.7 Å². The number of amides is 1. The van der Waals surface area contributed by atoms with Crippen LogP contribution in [0, 0.1) is 0 Å². The van der Waals surface area contributed by atoms with Crippen LogP contribution in [-0.2, 0) is 11.3 Å². The molecule has 1 aromatic carbocycles. The third kappa shape index (κ3) is 3.64. The number of para-hydroxylation sites is 1. The number of hydrogen-bond donors (Lipinski definition) is 1. The SMILES string of the molecule is CNC(=O)CC1CC2(CCN(Cc3cccs3)CC2)Oc2ccccc21. The molecule has 4 nitrogen and oxygen atoms in total. The minimum absolute atomic E-state index is 0.108. The lowest BCUT2D eigenvalue weighted by Gasteiger charge is -2.47. The van der Waals surface area contributed by atoms with Gasteiger partial charge in [-0.05, 0) is 42.3 Å². The fraction of sp³-hybridized carbons (Fsp3) is 0.476. The molecule has 2 aliphatic rings. The molecule has 1 unspecified atom stereocenters. The van der Waals surface area contributed by atoms with Crippen LogP contribution in [0.4, 0.5) is 0 Å². The molecule has 26 heavy (non-hydrogen) atoms. The Morgan fingerprint density at radius 1 is 1.27 bits per heavy atom. The van der Waals surface area contributed by atoms with Crippen molar-refractivity contribution in [1.29, 1.82) is 0 Å². The first-order chi connectivity index (χ1) is 12.7. The van der Waals surface area contributed by atoms with Gasteiger partial charge in [0.15, 0.2) is 0 Å². The predicted octanol–water partition coefficient (Wildman–Crippen LogP) is 3.79. The maximum Gasteiger partial charge on any atom is 0.220 e. The molecular weight excluding hydrogens is 344 g/mol. The molecule has 138 valence electrons. The molecule has 1 spiro atoms. The average molecular weight is 371 g/mol. The fourth-order valence-electron chi connectivity index (χ4n) is 4.30. The highest BCUT2D eigenvalue weighted by Gasteiger charge is 2.43. The standard InChI is InChI=1S/C21H26N2O2S/c1-22-20(24)13-16-14-21(25-19-7-3-2-6-18(16)19)8-10-23(11-9-21)15-17-5-4-12-26-17/h2-7,12,16H,8-11,13-15H2,1H3,(H,22,24). The topological polar surface area (TPSA) is 41.6 Å². The minimum atomic E-state index is -0.126. The third-order valence-corrected chi connectivity index (χ3v) is 6.60. The number of piperidine rings is 1. The molecule has 4 rings (SSSR count). The average Bonchev–Trinajstić information content (AvgIpc) is 3.17. The zero-order chi connectivity index (χ0) is 18.0. The summed E-state index contributed by atoms with van der Waals surface area (Å²) in [6.45, 7) is 3.13. The van der Waals surface area contributed by atoms with Crippen LogP contribution in [0.3, 0.4) is 0 Å². The van der Waals surface area contributed by atoms with Gasteiger partial charge in [0.2, 0.25) is 5.91 Å². The summed E-state index contributed by atoms with van der Waals surface area (Å²) in [5.74, 6) is 1.32. The highest BCUT2D eigenvalue weighted by molar-refractivity contribution is 7.09. The van der Waals surface area contributed by atoms with E-state index in [2.05, 4.69) is 39.9 Å². The van der Waals surface area contributed by atoms with Crippen LogP contribution in [0.5, 0.6) is 5.75 Å². The molecule has 2 aromatic rings. The first kappa shape index (κ1) is 17.6. The van der Waals surface area contributed by atoms with Crippen molar-refractivity contribution in [3.8, 4) is 5.75 Å². The maximum absolute atomic E-state index is 12.0. The lowest BCUT2D eigenvalue weighted by Crippen LogP contribution is -2.50. The van der Waals surface area contributed by atoms with E-state index in [1.54, 1.807) is 7.05 Å². The summed E-state index contributed by atoms with van der Waals surface area (Å²) in [6.07, 6.45) is 3.52. The Bertz CT molecular complexity index is 751. The number of rotatable bonds is 4. The molecule has 1 aromatic heterocycles. The number of benzene rings is 1. The zero-order valence-corrected chi connectivity index (χ0v) is 16.1. The van der Waals surface area contributed by atoms with E-state index >= 15 is 0 Å². The lowest BCUT2D eigenvalue weighted by atomic mass is 9.76. The number of hydrogen-bond acceptors (Lipinski definition) is 4. The molecule has 2 aliphatic heterocycles. The Morgan fingerprint density at radius 3 is 2.81 bits per heavy atom. The number of carbonyl (C=O) groups excluding carboxylic acids is 1. The van der Waals surface area contributed by atoms with Crippen molar-refractivity contribution >= 4 is 17.2 Å². The van der Waals surface area contributed by atoms with Gasteiger partial charge in [0.05, 0.1) is 0 Å². The molecule has 3 heterocycles. The van der Waals surface area contributed by atoms with E-state index in [-0.39, 0.29) is 17.4 Å². The van der Waals surface area contributed by atoms with Gasteiger partial charge in [-0.15, -0.1) is 11.3 Å². The number of likely N-dealkylation sites (tertiary alicyclic amines) is 1. The summed E-state index contributed by atoms with van der Waals surface area (Å²) >= 11 is 1.83. The number of nitrogens with one attached hydrogen (secondary N) is 1. The van der Waals surface area contributed by atoms with Gasteiger partial charge in [-0.25, -0.2) is 0 Å². The number of nitrogens with zero attached hydrogens (tertiary/aromatic N) is 1. The molecule has 0 radical (unpaired) electrons. The normalized spacial score (nSPS) is 21.8. The van der Waals surface area contributed by atoms with Crippen LogP contribution in [0.1, 0.15) is 42.0 Å². The molecule has 1 amide bonds. The summed E-state index contributed by atoms with van der Waals surface area (Å²) in [7, 11) is 1.71. The molecule has 5 heteroatoms. The second-order valence-electron chi connectivity index (χ2n) is 7.46. The highest BCUT2D eigenvalue weighted by Crippen LogP contribution is 2.46. The van der Waals surface area contributed by atoms with E-state index in [0.29, 0.717) is 6.42 Å². The van der Waals surface area contributed by atoms with E-state index in [4.69, 9.17) is 4.74 Å². The van der Waals surface area contributed by atoms with Gasteiger partial charge in [0.25, 0.3) is 0 Å². The van der Waals surface area contributed by atoms with Crippen LogP contribution in [-0.4, -0.2) is 36.5 Å². The van der Waals surface area contributed by atoms with Crippen molar-refractivity contribution in [2.75, 3.05) is 20.1 Å². The van der Waals surface area contributed by atoms with Gasteiger partial charge in [0.1, 0.15) is 11.4 Å². The summed E-state index contributed by atoms with van der Waals surface area (Å²) in [6, 6.07) is 12.6. The van der Waals surface area contributed by atoms with Crippen molar-refractivity contribution in [3.63, 3.8) is 0 Å². The van der Waals surface area contributed by atoms with Crippen LogP contribution in [0.25, 0.3) is 0 Å². The first-order valence-corrected chi connectivity index (χ1v) is 10.3. The summed E-state index contributed by atoms with van der Waals surface area (Å²) in [4.78, 5) is 16.0. The molecule has 0 bridgehead atoms. The molecule has 0 saturated carbocycles. The van der Waals surface area contributed by atoms with Crippen molar-refractivity contribution in [1.82, 2.24) is 10.2 Å². The zero-order valence-electron chi connectivity index (χ0n) is 15.2. The van der Waals surface area contributed by atoms with Gasteiger partial charge in [0, 0.05) is 43.9 Å². The number of thiophene rings is 1. The molecule has 0 aliphatic carbocycles. The van der Waals surface area contributed by atoms with E-state index in [0.717, 1.165) is 44.6 Å². The molecule has 1 saturated heterocycles. The third-order valence-electron chi connectivity index (χ3n) is 5.74. The second-order valence-corrected chi connectivity index (χ2v) is 8.49. The first-order valence-electron chi connectivity index (χ1n) is 9.41. The van der Waals surface area contributed by atoms with Crippen LogP contribution in [0.2, 0.25) is 0 Å². The largest absolute Gasteiger partial charge is 0.487 e. The molecule has 1 N–H and O–H groups in total. The van der Waals surface area contributed by atoms with Crippen molar-refractivity contribution in [3.05, 3.63) is 52.2 Å². The summed E-state index contributed by atoms with van der Waals surface area (Å²) in [5, 5.41) is 4.92. The van der Waals surface area contributed by atoms with Crippen LogP contribution < -0.4 is 10.1 Å². The Kier molecular flexibility index (Phi) is 5.00. The van der Waals surface area contributed by atoms with E-state index in [9.17, 15) is 4.79 Å². The number of ether oxygens (including phenoxy) is 1. The lowest BCUT2D eigenvalue weighted by molar-refractivity contribution is -0.121. The second kappa shape index (κ2) is 7.41. The summed E-state index contributed by atoms with van der Waals surface area (Å²) in [5.41, 5.74) is 1.06. The molecule has 1 fully saturated rings. The fourth-order valence-corrected chi connectivity index (χ4v) is 5.05. The van der Waals surface area contributed by atoms with Gasteiger partial charge in [-0.3, -0.25) is 9.69 Å². The quantitative estimate of drug-likeness (QED) is 0.890. The van der Waals surface area contributed by atoms with Crippen LogP contribution >= 0.6 is 11.3 Å². The van der Waals surface area contributed by atoms with E-state index < -0.39 is 0 Å². The number of carbonyl (C=O) groups is 1. The monoisotopic (exact) mass is 370 g/mol. The Hall–Kier alpha value is -1.85. The smallest absolute Gasteiger partial charge is 0.220 e. The number of fused-ring (bicyclic) bond motifs is 1. The Labute approximate surface area is 159 Å². The van der Waals surface area contributed by atoms with Crippen LogP contribution in [0.15, 0.2) is 41.8 Å². The predicted molar refractivity (Wildman–Crippen MR) is 105 cm³/mol. The minimum Gasteiger partial charge on any atom is -0.487 e. The van der Waals surface area contributed by atoms with E-state index in [1.807, 2.05) is 23.5 Å². The van der Waals surface area contributed by atoms with Gasteiger partial charge < -0.3 is 10.1 Å². The van der Waals surface area contributed by atoms with Gasteiger partial charge in [-0.2, -0.15) is 0 Å². The van der Waals surface area contributed by atoms with Gasteiger partial charge >= 0.3 is 0 Å². The summed E-state index contributed by atoms with van der Waals surface area (Å²) < 4.78 is 6.53. The Morgan fingerprint density at radius 2 is 2.08 bits per heavy atom.